The molecule has 3 atom stereocenters. The molecule has 2 aromatic rings. The standard InChI is InChI=1S/C26H32N4O3S/c1-2-19-16-21(20(19)9-12-27-18-24(31)30-23-17-28-13-14-29-23)33-25(32)26(22-8-7-15-34-22)10-5-3-4-6-11-26/h1,7-8,13-15,17,19-21,27H,3-6,9-12,16,18H2,(H,29,30,31)/p+1. The van der Waals surface area contributed by atoms with Gasteiger partial charge in [0, 0.05) is 35.5 Å². The number of carbonyl (C=O) groups is 2. The number of nitrogens with one attached hydrogen (secondary N) is 1. The number of carbonyl (C=O) groups excluding carboxylic acids is 2. The summed E-state index contributed by atoms with van der Waals surface area (Å²) in [6.07, 6.45) is 17.9. The van der Waals surface area contributed by atoms with Gasteiger partial charge >= 0.3 is 5.97 Å². The van der Waals surface area contributed by atoms with Gasteiger partial charge in [-0.25, -0.2) is 4.98 Å². The topological polar surface area (TPSA) is 97.8 Å². The lowest BCUT2D eigenvalue weighted by molar-refractivity contribution is -0.645. The molecule has 0 saturated heterocycles. The molecule has 8 heteroatoms. The second kappa shape index (κ2) is 11.6. The van der Waals surface area contributed by atoms with Crippen molar-refractivity contribution in [2.45, 2.75) is 62.9 Å². The van der Waals surface area contributed by atoms with Crippen LogP contribution in [-0.4, -0.2) is 41.0 Å². The van der Waals surface area contributed by atoms with Crippen molar-refractivity contribution in [3.05, 3.63) is 41.0 Å². The maximum atomic E-state index is 13.6. The van der Waals surface area contributed by atoms with Crippen LogP contribution < -0.4 is 10.6 Å². The predicted octanol–water partition coefficient (Wildman–Crippen LogP) is 2.90. The number of nitrogens with two attached hydrogens (primary N) is 1. The molecule has 3 unspecified atom stereocenters. The van der Waals surface area contributed by atoms with Gasteiger partial charge in [-0.3, -0.25) is 14.6 Å². The van der Waals surface area contributed by atoms with Crippen LogP contribution in [0.2, 0.25) is 0 Å². The molecule has 2 aromatic heterocycles. The van der Waals surface area contributed by atoms with Crippen molar-refractivity contribution in [2.24, 2.45) is 11.8 Å². The molecule has 3 N–H and O–H groups in total. The fraction of sp³-hybridized carbons (Fsp3) is 0.538. The van der Waals surface area contributed by atoms with Crippen LogP contribution in [0.25, 0.3) is 0 Å². The summed E-state index contributed by atoms with van der Waals surface area (Å²) in [7, 11) is 0. The summed E-state index contributed by atoms with van der Waals surface area (Å²) in [6.45, 7) is 1.02. The molecule has 0 spiro atoms. The molecular weight excluding hydrogens is 448 g/mol. The van der Waals surface area contributed by atoms with Crippen molar-refractivity contribution in [1.29, 1.82) is 0 Å². The highest BCUT2D eigenvalue weighted by Gasteiger charge is 2.48. The summed E-state index contributed by atoms with van der Waals surface area (Å²) in [5.74, 6) is 3.36. The van der Waals surface area contributed by atoms with Gasteiger partial charge in [-0.1, -0.05) is 31.7 Å². The third-order valence-electron chi connectivity index (χ3n) is 7.16. The average molecular weight is 482 g/mol. The Bertz CT molecular complexity index is 981. The lowest BCUT2D eigenvalue weighted by Crippen LogP contribution is -2.86. The van der Waals surface area contributed by atoms with Crippen LogP contribution in [0.4, 0.5) is 5.82 Å². The zero-order chi connectivity index (χ0) is 23.8. The number of amides is 1. The van der Waals surface area contributed by atoms with Crippen LogP contribution in [0.1, 0.15) is 56.2 Å². The van der Waals surface area contributed by atoms with E-state index in [0.29, 0.717) is 5.82 Å². The smallest absolute Gasteiger partial charge is 0.317 e. The van der Waals surface area contributed by atoms with Crippen molar-refractivity contribution in [3.63, 3.8) is 0 Å². The van der Waals surface area contributed by atoms with E-state index in [0.717, 1.165) is 49.9 Å². The molecule has 34 heavy (non-hydrogen) atoms. The summed E-state index contributed by atoms with van der Waals surface area (Å²) >= 11 is 1.66. The van der Waals surface area contributed by atoms with E-state index >= 15 is 0 Å². The molecule has 2 aliphatic rings. The predicted molar refractivity (Wildman–Crippen MR) is 131 cm³/mol. The van der Waals surface area contributed by atoms with Gasteiger partial charge in [0.25, 0.3) is 5.91 Å². The number of hydrogen-bond donors (Lipinski definition) is 2. The Morgan fingerprint density at radius 1 is 1.26 bits per heavy atom. The van der Waals surface area contributed by atoms with E-state index in [2.05, 4.69) is 27.3 Å². The summed E-state index contributed by atoms with van der Waals surface area (Å²) in [6, 6.07) is 4.11. The van der Waals surface area contributed by atoms with E-state index in [1.165, 1.54) is 25.2 Å². The molecule has 180 valence electrons. The van der Waals surface area contributed by atoms with Gasteiger partial charge in [0.1, 0.15) is 11.5 Å². The molecular formula is C26H33N4O3S+. The third kappa shape index (κ3) is 5.65. The van der Waals surface area contributed by atoms with Gasteiger partial charge in [-0.05, 0) is 30.7 Å². The number of rotatable bonds is 9. The molecule has 2 fully saturated rings. The highest BCUT2D eigenvalue weighted by atomic mass is 32.1. The Kier molecular flexibility index (Phi) is 8.30. The van der Waals surface area contributed by atoms with Crippen molar-refractivity contribution in [3.8, 4) is 12.3 Å². The molecule has 2 heterocycles. The molecule has 0 aliphatic heterocycles. The zero-order valence-corrected chi connectivity index (χ0v) is 20.3. The summed E-state index contributed by atoms with van der Waals surface area (Å²) in [4.78, 5) is 34.8. The first-order chi connectivity index (χ1) is 16.6. The number of esters is 1. The van der Waals surface area contributed by atoms with Crippen molar-refractivity contribution >= 4 is 29.0 Å². The number of thiophene rings is 1. The van der Waals surface area contributed by atoms with E-state index in [4.69, 9.17) is 11.2 Å². The van der Waals surface area contributed by atoms with Gasteiger partial charge < -0.3 is 15.4 Å². The lowest BCUT2D eigenvalue weighted by Gasteiger charge is -2.43. The first-order valence-electron chi connectivity index (χ1n) is 12.2. The third-order valence-corrected chi connectivity index (χ3v) is 8.23. The van der Waals surface area contributed by atoms with E-state index in [1.807, 2.05) is 16.8 Å². The van der Waals surface area contributed by atoms with E-state index in [1.54, 1.807) is 17.5 Å². The van der Waals surface area contributed by atoms with Gasteiger partial charge in [-0.2, -0.15) is 0 Å². The average Bonchev–Trinajstić information content (AvgIpc) is 3.27. The SMILES string of the molecule is C#CC1CC(OC(=O)C2(c3cccs3)CCCCCC2)C1CC[NH2+]CC(=O)Nc1cnccn1. The normalized spacial score (nSPS) is 23.7. The molecule has 1 amide bonds. The number of ether oxygens (including phenoxy) is 1. The summed E-state index contributed by atoms with van der Waals surface area (Å²) in [5, 5.41) is 6.73. The zero-order valence-electron chi connectivity index (χ0n) is 19.4. The Morgan fingerprint density at radius 2 is 2.09 bits per heavy atom. The molecule has 4 rings (SSSR count). The number of terminal acetylenes is 1. The summed E-state index contributed by atoms with van der Waals surface area (Å²) in [5.41, 5.74) is -0.513. The lowest BCUT2D eigenvalue weighted by atomic mass is 9.69. The molecule has 0 bridgehead atoms. The second-order valence-corrected chi connectivity index (χ2v) is 10.2. The number of aromatic nitrogens is 2. The van der Waals surface area contributed by atoms with E-state index in [9.17, 15) is 9.59 Å². The van der Waals surface area contributed by atoms with E-state index < -0.39 is 5.41 Å². The van der Waals surface area contributed by atoms with Crippen LogP contribution in [0.3, 0.4) is 0 Å². The first kappa shape index (κ1) is 24.4. The minimum Gasteiger partial charge on any atom is -0.461 e. The Labute approximate surface area is 205 Å². The quantitative estimate of drug-likeness (QED) is 0.248. The van der Waals surface area contributed by atoms with Gasteiger partial charge in [0.2, 0.25) is 0 Å². The molecule has 0 radical (unpaired) electrons. The first-order valence-corrected chi connectivity index (χ1v) is 13.1. The van der Waals surface area contributed by atoms with Crippen LogP contribution in [0.5, 0.6) is 0 Å². The Hall–Kier alpha value is -2.76. The minimum absolute atomic E-state index is 0.0744. The molecule has 7 nitrogen and oxygen atoms in total. The number of quaternary nitrogens is 1. The fourth-order valence-electron chi connectivity index (χ4n) is 5.16. The largest absolute Gasteiger partial charge is 0.461 e. The Balaban J connectivity index is 1.30. The van der Waals surface area contributed by atoms with Gasteiger partial charge in [0.15, 0.2) is 12.4 Å². The Morgan fingerprint density at radius 3 is 2.76 bits per heavy atom. The molecule has 2 saturated carbocycles. The number of hydrogen-bond acceptors (Lipinski definition) is 6. The van der Waals surface area contributed by atoms with Crippen LogP contribution >= 0.6 is 11.3 Å². The van der Waals surface area contributed by atoms with Crippen LogP contribution in [-0.2, 0) is 19.7 Å². The maximum absolute atomic E-state index is 13.6. The second-order valence-electron chi connectivity index (χ2n) is 9.30. The van der Waals surface area contributed by atoms with Crippen LogP contribution in [0.15, 0.2) is 36.1 Å². The van der Waals surface area contributed by atoms with Crippen molar-refractivity contribution in [1.82, 2.24) is 9.97 Å². The van der Waals surface area contributed by atoms with Crippen LogP contribution in [0, 0.1) is 24.2 Å². The molecule has 0 aromatic carbocycles. The fourth-order valence-corrected chi connectivity index (χ4v) is 6.14. The molecule has 2 aliphatic carbocycles. The highest BCUT2D eigenvalue weighted by Crippen LogP contribution is 2.45. The van der Waals surface area contributed by atoms with Gasteiger partial charge in [0.05, 0.1) is 12.7 Å². The van der Waals surface area contributed by atoms with Crippen molar-refractivity contribution < 1.29 is 19.6 Å². The summed E-state index contributed by atoms with van der Waals surface area (Å²) < 4.78 is 6.17. The number of nitrogens with zero attached hydrogens (tertiary/aromatic N) is 2. The minimum atomic E-state index is -0.513. The van der Waals surface area contributed by atoms with Gasteiger partial charge in [-0.15, -0.1) is 23.7 Å². The van der Waals surface area contributed by atoms with E-state index in [-0.39, 0.29) is 36.4 Å². The van der Waals surface area contributed by atoms with Crippen molar-refractivity contribution in [2.75, 3.05) is 18.4 Å². The monoisotopic (exact) mass is 481 g/mol. The maximum Gasteiger partial charge on any atom is 0.317 e. The number of anilines is 1. The highest BCUT2D eigenvalue weighted by molar-refractivity contribution is 7.10.